The molecular weight excluding hydrogens is 286 g/mol. The van der Waals surface area contributed by atoms with Crippen molar-refractivity contribution in [3.63, 3.8) is 0 Å². The van der Waals surface area contributed by atoms with Crippen LogP contribution in [0, 0.1) is 6.92 Å². The van der Waals surface area contributed by atoms with Crippen molar-refractivity contribution in [3.05, 3.63) is 46.0 Å². The molecule has 0 bridgehead atoms. The number of tetrazole rings is 1. The molecule has 0 unspecified atom stereocenters. The highest BCUT2D eigenvalue weighted by Gasteiger charge is 2.18. The van der Waals surface area contributed by atoms with Gasteiger partial charge >= 0.3 is 5.69 Å². The number of nitrogens with zero attached hydrogens (tertiary/aromatic N) is 6. The molecule has 0 radical (unpaired) electrons. The van der Waals surface area contributed by atoms with Crippen LogP contribution in [-0.2, 0) is 13.2 Å². The van der Waals surface area contributed by atoms with Crippen LogP contribution in [0.25, 0.3) is 5.82 Å². The molecule has 0 fully saturated rings. The summed E-state index contributed by atoms with van der Waals surface area (Å²) in [5.41, 5.74) is 1.21. The number of H-pyrrole nitrogens is 1. The zero-order valence-corrected chi connectivity index (χ0v) is 12.2. The molecule has 9 heteroatoms. The number of nitrogens with one attached hydrogen (secondary N) is 1. The molecule has 0 atom stereocenters. The van der Waals surface area contributed by atoms with Crippen LogP contribution >= 0.6 is 0 Å². The van der Waals surface area contributed by atoms with Gasteiger partial charge in [-0.2, -0.15) is 0 Å². The molecule has 0 saturated carbocycles. The standard InChI is InChI=1S/C13H15N7O2/c1-3-19-10(8-22-11-7-5-4-6-9(11)2)12(14-17-19)20-13(21)15-16-18-20/h4-7H,3,8H2,1-2H3,(H,15,18,21). The van der Waals surface area contributed by atoms with Crippen LogP contribution in [0.2, 0.25) is 0 Å². The third-order valence-corrected chi connectivity index (χ3v) is 3.25. The number of ether oxygens (including phenoxy) is 1. The second kappa shape index (κ2) is 5.80. The quantitative estimate of drug-likeness (QED) is 0.734. The van der Waals surface area contributed by atoms with Gasteiger partial charge in [0.2, 0.25) is 5.82 Å². The minimum absolute atomic E-state index is 0.223. The molecule has 2 heterocycles. The van der Waals surface area contributed by atoms with Gasteiger partial charge in [0.1, 0.15) is 18.1 Å². The molecule has 0 spiro atoms. The minimum Gasteiger partial charge on any atom is -0.487 e. The normalized spacial score (nSPS) is 10.8. The molecule has 0 aliphatic heterocycles. The molecule has 9 nitrogen and oxygen atoms in total. The third-order valence-electron chi connectivity index (χ3n) is 3.25. The zero-order chi connectivity index (χ0) is 15.5. The van der Waals surface area contributed by atoms with Crippen LogP contribution in [0.5, 0.6) is 5.75 Å². The van der Waals surface area contributed by atoms with Gasteiger partial charge in [0.05, 0.1) is 0 Å². The maximum atomic E-state index is 11.7. The van der Waals surface area contributed by atoms with E-state index in [0.29, 0.717) is 18.1 Å². The van der Waals surface area contributed by atoms with Crippen molar-refractivity contribution in [2.45, 2.75) is 27.0 Å². The molecule has 114 valence electrons. The lowest BCUT2D eigenvalue weighted by atomic mass is 10.2. The molecule has 0 aliphatic carbocycles. The Morgan fingerprint density at radius 2 is 2.09 bits per heavy atom. The Hall–Kier alpha value is -2.97. The lowest BCUT2D eigenvalue weighted by Gasteiger charge is -2.10. The average molecular weight is 301 g/mol. The van der Waals surface area contributed by atoms with Crippen molar-refractivity contribution in [1.82, 2.24) is 35.2 Å². The van der Waals surface area contributed by atoms with E-state index in [4.69, 9.17) is 4.74 Å². The second-order valence-corrected chi connectivity index (χ2v) is 4.65. The maximum Gasteiger partial charge on any atom is 0.367 e. The summed E-state index contributed by atoms with van der Waals surface area (Å²) < 4.78 is 8.55. The Morgan fingerprint density at radius 3 is 2.77 bits per heavy atom. The van der Waals surface area contributed by atoms with Crippen LogP contribution in [-0.4, -0.2) is 35.2 Å². The van der Waals surface area contributed by atoms with E-state index in [1.54, 1.807) is 4.68 Å². The number of aromatic amines is 1. The molecule has 1 N–H and O–H groups in total. The van der Waals surface area contributed by atoms with Crippen molar-refractivity contribution in [2.75, 3.05) is 0 Å². The first-order valence-electron chi connectivity index (χ1n) is 6.82. The highest BCUT2D eigenvalue weighted by atomic mass is 16.5. The Kier molecular flexibility index (Phi) is 3.69. The van der Waals surface area contributed by atoms with Crippen LogP contribution < -0.4 is 10.4 Å². The second-order valence-electron chi connectivity index (χ2n) is 4.65. The summed E-state index contributed by atoms with van der Waals surface area (Å²) in [7, 11) is 0. The van der Waals surface area contributed by atoms with Gasteiger partial charge in [0.25, 0.3) is 0 Å². The van der Waals surface area contributed by atoms with E-state index >= 15 is 0 Å². The molecule has 0 amide bonds. The van der Waals surface area contributed by atoms with E-state index in [0.717, 1.165) is 16.0 Å². The first kappa shape index (κ1) is 14.0. The van der Waals surface area contributed by atoms with Crippen molar-refractivity contribution in [3.8, 4) is 11.6 Å². The summed E-state index contributed by atoms with van der Waals surface area (Å²) >= 11 is 0. The molecular formula is C13H15N7O2. The number of hydrogen-bond acceptors (Lipinski definition) is 6. The van der Waals surface area contributed by atoms with E-state index in [2.05, 4.69) is 25.8 Å². The van der Waals surface area contributed by atoms with E-state index in [1.807, 2.05) is 38.1 Å². The van der Waals surface area contributed by atoms with Crippen molar-refractivity contribution >= 4 is 0 Å². The molecule has 2 aromatic heterocycles. The van der Waals surface area contributed by atoms with Gasteiger partial charge in [0, 0.05) is 6.54 Å². The van der Waals surface area contributed by atoms with Gasteiger partial charge in [-0.1, -0.05) is 23.4 Å². The largest absolute Gasteiger partial charge is 0.487 e. The first-order chi connectivity index (χ1) is 10.7. The van der Waals surface area contributed by atoms with E-state index < -0.39 is 5.69 Å². The fourth-order valence-corrected chi connectivity index (χ4v) is 2.08. The maximum absolute atomic E-state index is 11.7. The summed E-state index contributed by atoms with van der Waals surface area (Å²) in [6.45, 7) is 4.72. The molecule has 1 aromatic carbocycles. The molecule has 22 heavy (non-hydrogen) atoms. The molecule has 0 aliphatic rings. The Balaban J connectivity index is 1.93. The fraction of sp³-hybridized carbons (Fsp3) is 0.308. The van der Waals surface area contributed by atoms with Gasteiger partial charge in [-0.05, 0) is 35.9 Å². The topological polar surface area (TPSA) is 104 Å². The van der Waals surface area contributed by atoms with E-state index in [-0.39, 0.29) is 6.61 Å². The predicted molar refractivity (Wildman–Crippen MR) is 76.7 cm³/mol. The molecule has 3 rings (SSSR count). The summed E-state index contributed by atoms with van der Waals surface area (Å²) in [5, 5.41) is 17.4. The number of hydrogen-bond donors (Lipinski definition) is 1. The smallest absolute Gasteiger partial charge is 0.367 e. The molecule has 3 aromatic rings. The molecule has 0 saturated heterocycles. The lowest BCUT2D eigenvalue weighted by Crippen LogP contribution is -2.19. The Bertz CT molecular complexity index is 833. The number of benzene rings is 1. The number of aryl methyl sites for hydroxylation is 2. The van der Waals surface area contributed by atoms with Gasteiger partial charge in [0.15, 0.2) is 0 Å². The number of rotatable bonds is 5. The van der Waals surface area contributed by atoms with Crippen LogP contribution in [0.3, 0.4) is 0 Å². The van der Waals surface area contributed by atoms with E-state index in [1.165, 1.54) is 0 Å². The lowest BCUT2D eigenvalue weighted by molar-refractivity contribution is 0.290. The van der Waals surface area contributed by atoms with Gasteiger partial charge in [-0.3, -0.25) is 0 Å². The summed E-state index contributed by atoms with van der Waals surface area (Å²) in [6, 6.07) is 7.70. The summed E-state index contributed by atoms with van der Waals surface area (Å²) in [6.07, 6.45) is 0. The van der Waals surface area contributed by atoms with Crippen LogP contribution in [0.4, 0.5) is 0 Å². The minimum atomic E-state index is -0.472. The van der Waals surface area contributed by atoms with Gasteiger partial charge < -0.3 is 4.74 Å². The van der Waals surface area contributed by atoms with Crippen molar-refractivity contribution in [1.29, 1.82) is 0 Å². The highest BCUT2D eigenvalue weighted by Crippen LogP contribution is 2.19. The van der Waals surface area contributed by atoms with Gasteiger partial charge in [-0.25, -0.2) is 14.6 Å². The predicted octanol–water partition coefficient (Wildman–Crippen LogP) is 0.454. The first-order valence-corrected chi connectivity index (χ1v) is 6.82. The number of aromatic nitrogens is 7. The SMILES string of the molecule is CCn1nnc(-n2nn[nH]c2=O)c1COc1ccccc1C. The Labute approximate surface area is 125 Å². The van der Waals surface area contributed by atoms with Crippen molar-refractivity contribution in [2.24, 2.45) is 0 Å². The van der Waals surface area contributed by atoms with Crippen molar-refractivity contribution < 1.29 is 4.74 Å². The Morgan fingerprint density at radius 1 is 1.27 bits per heavy atom. The van der Waals surface area contributed by atoms with Crippen LogP contribution in [0.15, 0.2) is 29.1 Å². The van der Waals surface area contributed by atoms with Gasteiger partial charge in [-0.15, -0.1) is 9.78 Å². The summed E-state index contributed by atoms with van der Waals surface area (Å²) in [4.78, 5) is 11.7. The fourth-order valence-electron chi connectivity index (χ4n) is 2.08. The van der Waals surface area contributed by atoms with E-state index in [9.17, 15) is 4.79 Å². The third kappa shape index (κ3) is 2.48. The highest BCUT2D eigenvalue weighted by molar-refractivity contribution is 5.32. The monoisotopic (exact) mass is 301 g/mol. The van der Waals surface area contributed by atoms with Crippen LogP contribution in [0.1, 0.15) is 18.2 Å². The average Bonchev–Trinajstić information content (AvgIpc) is 3.11. The summed E-state index contributed by atoms with van der Waals surface area (Å²) in [5.74, 6) is 1.08. The number of para-hydroxylation sites is 1. The zero-order valence-electron chi connectivity index (χ0n) is 12.2.